The van der Waals surface area contributed by atoms with Gasteiger partial charge in [0.1, 0.15) is 5.69 Å². The van der Waals surface area contributed by atoms with Crippen LogP contribution in [0.1, 0.15) is 0 Å². The van der Waals surface area contributed by atoms with Gasteiger partial charge in [0.25, 0.3) is 11.1 Å². The van der Waals surface area contributed by atoms with Crippen LogP contribution in [0.4, 0.5) is 0 Å². The van der Waals surface area contributed by atoms with Crippen molar-refractivity contribution in [2.75, 3.05) is 0 Å². The highest BCUT2D eigenvalue weighted by atomic mass is 16.1. The van der Waals surface area contributed by atoms with Gasteiger partial charge in [-0.2, -0.15) is 0 Å². The van der Waals surface area contributed by atoms with Crippen LogP contribution in [0, 0.1) is 0 Å². The molecular weight excluding hydrogens is 280 g/mol. The number of H-pyrrole nitrogens is 2. The number of hydrogen-bond acceptors (Lipinski definition) is 3. The lowest BCUT2D eigenvalue weighted by molar-refractivity contribution is 0.751. The van der Waals surface area contributed by atoms with Gasteiger partial charge in [-0.05, 0) is 18.2 Å². The van der Waals surface area contributed by atoms with Crippen LogP contribution in [0.15, 0.2) is 52.1 Å². The van der Waals surface area contributed by atoms with Crippen LogP contribution in [-0.2, 0) is 7.05 Å². The standard InChI is InChI=1S/C16H12N4O2/c1-20-16(22)10-6-4-5-9(13(10)19-20)14-15(21)18-12-8-3-2-7-11(12)17-14/h2-8,19H,1H3,(H,18,21). The van der Waals surface area contributed by atoms with E-state index in [2.05, 4.69) is 15.1 Å². The Labute approximate surface area is 124 Å². The van der Waals surface area contributed by atoms with Crippen molar-refractivity contribution < 1.29 is 0 Å². The fraction of sp³-hybridized carbons (Fsp3) is 0.0625. The monoisotopic (exact) mass is 292 g/mol. The maximum Gasteiger partial charge on any atom is 0.275 e. The Morgan fingerprint density at radius 2 is 1.86 bits per heavy atom. The fourth-order valence-corrected chi connectivity index (χ4v) is 2.66. The third-order valence-corrected chi connectivity index (χ3v) is 3.73. The quantitative estimate of drug-likeness (QED) is 0.561. The molecular formula is C16H12N4O2. The molecule has 0 unspecified atom stereocenters. The number of fused-ring (bicyclic) bond motifs is 2. The van der Waals surface area contributed by atoms with Crippen molar-refractivity contribution in [2.45, 2.75) is 0 Å². The fourth-order valence-electron chi connectivity index (χ4n) is 2.66. The van der Waals surface area contributed by atoms with Gasteiger partial charge in [-0.1, -0.05) is 24.3 Å². The average Bonchev–Trinajstić information content (AvgIpc) is 2.82. The third kappa shape index (κ3) is 1.70. The Kier molecular flexibility index (Phi) is 2.53. The molecule has 6 heteroatoms. The van der Waals surface area contributed by atoms with Gasteiger partial charge in [0.2, 0.25) is 0 Å². The first-order chi connectivity index (χ1) is 10.6. The van der Waals surface area contributed by atoms with Crippen molar-refractivity contribution in [1.29, 1.82) is 0 Å². The molecule has 4 rings (SSSR count). The van der Waals surface area contributed by atoms with E-state index < -0.39 is 0 Å². The maximum atomic E-state index is 12.4. The zero-order valence-electron chi connectivity index (χ0n) is 11.8. The second-order valence-electron chi connectivity index (χ2n) is 5.14. The van der Waals surface area contributed by atoms with Crippen molar-refractivity contribution in [3.63, 3.8) is 0 Å². The predicted octanol–water partition coefficient (Wildman–Crippen LogP) is 1.77. The summed E-state index contributed by atoms with van der Waals surface area (Å²) in [7, 11) is 1.64. The molecule has 0 saturated carbocycles. The average molecular weight is 292 g/mol. The Bertz CT molecular complexity index is 1130. The number of aryl methyl sites for hydroxylation is 1. The van der Waals surface area contributed by atoms with Crippen LogP contribution < -0.4 is 11.1 Å². The summed E-state index contributed by atoms with van der Waals surface area (Å²) in [6, 6.07) is 12.6. The van der Waals surface area contributed by atoms with Crippen LogP contribution >= 0.6 is 0 Å². The normalized spacial score (nSPS) is 11.3. The van der Waals surface area contributed by atoms with E-state index in [-0.39, 0.29) is 11.1 Å². The van der Waals surface area contributed by atoms with Gasteiger partial charge < -0.3 is 4.98 Å². The van der Waals surface area contributed by atoms with Crippen LogP contribution in [0.3, 0.4) is 0 Å². The van der Waals surface area contributed by atoms with Crippen molar-refractivity contribution in [2.24, 2.45) is 7.05 Å². The van der Waals surface area contributed by atoms with Crippen LogP contribution in [0.2, 0.25) is 0 Å². The first-order valence-electron chi connectivity index (χ1n) is 6.82. The van der Waals surface area contributed by atoms with E-state index in [4.69, 9.17) is 0 Å². The lowest BCUT2D eigenvalue weighted by atomic mass is 10.1. The number of para-hydroxylation sites is 3. The second-order valence-corrected chi connectivity index (χ2v) is 5.14. The topological polar surface area (TPSA) is 83.5 Å². The number of nitrogens with zero attached hydrogens (tertiary/aromatic N) is 2. The summed E-state index contributed by atoms with van der Waals surface area (Å²) in [6.07, 6.45) is 0. The molecule has 6 nitrogen and oxygen atoms in total. The van der Waals surface area contributed by atoms with Crippen molar-refractivity contribution >= 4 is 21.9 Å². The van der Waals surface area contributed by atoms with Gasteiger partial charge in [0.15, 0.2) is 0 Å². The van der Waals surface area contributed by atoms with E-state index in [9.17, 15) is 9.59 Å². The number of hydrogen-bond donors (Lipinski definition) is 2. The Balaban J connectivity index is 2.11. The highest BCUT2D eigenvalue weighted by Gasteiger charge is 2.14. The Morgan fingerprint density at radius 3 is 2.73 bits per heavy atom. The smallest absolute Gasteiger partial charge is 0.275 e. The first-order valence-corrected chi connectivity index (χ1v) is 6.82. The SMILES string of the molecule is Cn1[nH]c2c(-c3nc4ccccc4[nH]c3=O)cccc2c1=O. The molecule has 0 atom stereocenters. The highest BCUT2D eigenvalue weighted by molar-refractivity contribution is 5.93. The van der Waals surface area contributed by atoms with Crippen molar-refractivity contribution in [3.05, 3.63) is 63.2 Å². The predicted molar refractivity (Wildman–Crippen MR) is 84.9 cm³/mol. The minimum absolute atomic E-state index is 0.130. The van der Waals surface area contributed by atoms with Gasteiger partial charge in [-0.15, -0.1) is 0 Å². The third-order valence-electron chi connectivity index (χ3n) is 3.73. The molecule has 22 heavy (non-hydrogen) atoms. The molecule has 2 N–H and O–H groups in total. The van der Waals surface area contributed by atoms with Gasteiger partial charge in [0, 0.05) is 12.6 Å². The van der Waals surface area contributed by atoms with Crippen LogP contribution in [-0.4, -0.2) is 19.7 Å². The summed E-state index contributed by atoms with van der Waals surface area (Å²) >= 11 is 0. The molecule has 0 bridgehead atoms. The number of benzene rings is 2. The molecule has 0 saturated heterocycles. The molecule has 2 aromatic carbocycles. The summed E-state index contributed by atoms with van der Waals surface area (Å²) in [4.78, 5) is 31.7. The van der Waals surface area contributed by atoms with Crippen LogP contribution in [0.25, 0.3) is 33.2 Å². The molecule has 0 radical (unpaired) electrons. The zero-order chi connectivity index (χ0) is 15.3. The lowest BCUT2D eigenvalue weighted by Crippen LogP contribution is -2.11. The second kappa shape index (κ2) is 4.42. The molecule has 0 aliphatic carbocycles. The molecule has 0 aliphatic heterocycles. The number of rotatable bonds is 1. The summed E-state index contributed by atoms with van der Waals surface area (Å²) in [5.41, 5.74) is 2.50. The van der Waals surface area contributed by atoms with Crippen molar-refractivity contribution in [1.82, 2.24) is 19.7 Å². The van der Waals surface area contributed by atoms with E-state index >= 15 is 0 Å². The van der Waals surface area contributed by atoms with Gasteiger partial charge in [-0.3, -0.25) is 19.4 Å². The van der Waals surface area contributed by atoms with Gasteiger partial charge >= 0.3 is 0 Å². The Hall–Kier alpha value is -3.15. The molecule has 2 aromatic heterocycles. The molecule has 0 amide bonds. The van der Waals surface area contributed by atoms with E-state index in [0.717, 1.165) is 0 Å². The lowest BCUT2D eigenvalue weighted by Gasteiger charge is -2.03. The largest absolute Gasteiger partial charge is 0.319 e. The summed E-state index contributed by atoms with van der Waals surface area (Å²) in [5, 5.41) is 3.52. The maximum absolute atomic E-state index is 12.4. The van der Waals surface area contributed by atoms with Crippen LogP contribution in [0.5, 0.6) is 0 Å². The molecule has 0 spiro atoms. The van der Waals surface area contributed by atoms with Gasteiger partial charge in [-0.25, -0.2) is 4.98 Å². The van der Waals surface area contributed by atoms with Gasteiger partial charge in [0.05, 0.1) is 21.9 Å². The summed E-state index contributed by atoms with van der Waals surface area (Å²) in [5.74, 6) is 0. The Morgan fingerprint density at radius 1 is 1.05 bits per heavy atom. The van der Waals surface area contributed by atoms with E-state index in [1.165, 1.54) is 4.68 Å². The van der Waals surface area contributed by atoms with Crippen molar-refractivity contribution in [3.8, 4) is 11.3 Å². The van der Waals surface area contributed by atoms with E-state index in [1.807, 2.05) is 18.2 Å². The first kappa shape index (κ1) is 12.6. The number of aromatic amines is 2. The van der Waals surface area contributed by atoms with E-state index in [0.29, 0.717) is 33.2 Å². The van der Waals surface area contributed by atoms with E-state index in [1.54, 1.807) is 31.3 Å². The molecule has 0 aliphatic rings. The zero-order valence-corrected chi connectivity index (χ0v) is 11.8. The minimum Gasteiger partial charge on any atom is -0.319 e. The highest BCUT2D eigenvalue weighted by Crippen LogP contribution is 2.22. The minimum atomic E-state index is -0.282. The summed E-state index contributed by atoms with van der Waals surface area (Å²) < 4.78 is 1.39. The number of nitrogens with one attached hydrogen (secondary N) is 2. The summed E-state index contributed by atoms with van der Waals surface area (Å²) in [6.45, 7) is 0. The molecule has 4 aromatic rings. The molecule has 0 fully saturated rings. The molecule has 2 heterocycles. The number of aromatic nitrogens is 4. The molecule has 108 valence electrons.